The van der Waals surface area contributed by atoms with Crippen molar-refractivity contribution in [3.05, 3.63) is 29.6 Å². The quantitative estimate of drug-likeness (QED) is 0.822. The molecule has 0 bridgehead atoms. The molecule has 0 amide bonds. The molecule has 114 valence electrons. The number of aromatic carboxylic acids is 1. The zero-order valence-corrected chi connectivity index (χ0v) is 12.5. The number of carboxylic acid groups (broad SMARTS) is 1. The van der Waals surface area contributed by atoms with Crippen LogP contribution in [0.25, 0.3) is 11.0 Å². The van der Waals surface area contributed by atoms with E-state index in [-0.39, 0.29) is 12.6 Å². The highest BCUT2D eigenvalue weighted by Gasteiger charge is 2.20. The number of aromatic nitrogens is 2. The lowest BCUT2D eigenvalue weighted by Crippen LogP contribution is -2.12. The van der Waals surface area contributed by atoms with Crippen LogP contribution < -0.4 is 0 Å². The number of imidazole rings is 1. The predicted octanol–water partition coefficient (Wildman–Crippen LogP) is 3.02. The van der Waals surface area contributed by atoms with Gasteiger partial charge >= 0.3 is 5.97 Å². The van der Waals surface area contributed by atoms with Gasteiger partial charge in [0.15, 0.2) is 0 Å². The van der Waals surface area contributed by atoms with Crippen LogP contribution >= 0.6 is 0 Å². The molecular weight excluding hydrogens is 268 g/mol. The zero-order chi connectivity index (χ0) is 15.4. The maximum absolute atomic E-state index is 11.5. The Labute approximate surface area is 124 Å². The van der Waals surface area contributed by atoms with Crippen molar-refractivity contribution in [2.24, 2.45) is 0 Å². The van der Waals surface area contributed by atoms with Gasteiger partial charge in [-0.3, -0.25) is 0 Å². The van der Waals surface area contributed by atoms with Gasteiger partial charge in [-0.2, -0.15) is 0 Å². The second-order valence-electron chi connectivity index (χ2n) is 5.34. The maximum Gasteiger partial charge on any atom is 0.337 e. The molecule has 0 fully saturated rings. The summed E-state index contributed by atoms with van der Waals surface area (Å²) in [7, 11) is 0. The second kappa shape index (κ2) is 6.72. The highest BCUT2D eigenvalue weighted by Crippen LogP contribution is 2.27. The lowest BCUT2D eigenvalue weighted by molar-refractivity contribution is 0.0698. The van der Waals surface area contributed by atoms with Gasteiger partial charge in [0.25, 0.3) is 0 Å². The van der Waals surface area contributed by atoms with Crippen LogP contribution in [0.3, 0.4) is 0 Å². The SMILES string of the molecule is CCCc1nc2cccc(C(=O)O)c2n1C(C)CCCO. The molecule has 0 aliphatic rings. The van der Waals surface area contributed by atoms with E-state index >= 15 is 0 Å². The predicted molar refractivity (Wildman–Crippen MR) is 81.7 cm³/mol. The summed E-state index contributed by atoms with van der Waals surface area (Å²) in [5.74, 6) is -0.00852. The summed E-state index contributed by atoms with van der Waals surface area (Å²) < 4.78 is 2.04. The van der Waals surface area contributed by atoms with Crippen LogP contribution in [0.2, 0.25) is 0 Å². The Morgan fingerprint density at radius 2 is 2.19 bits per heavy atom. The molecular formula is C16H22N2O3. The summed E-state index contributed by atoms with van der Waals surface area (Å²) in [5, 5.41) is 18.4. The van der Waals surface area contributed by atoms with Gasteiger partial charge in [0.1, 0.15) is 5.82 Å². The van der Waals surface area contributed by atoms with Crippen molar-refractivity contribution in [1.82, 2.24) is 9.55 Å². The minimum atomic E-state index is -0.931. The number of hydrogen-bond donors (Lipinski definition) is 2. The van der Waals surface area contributed by atoms with Crippen molar-refractivity contribution in [2.45, 2.75) is 45.6 Å². The van der Waals surface area contributed by atoms with Gasteiger partial charge in [-0.1, -0.05) is 13.0 Å². The standard InChI is InChI=1S/C16H22N2O3/c1-3-6-14-17-13-9-4-8-12(16(20)21)15(13)18(14)11(2)7-5-10-19/h4,8-9,11,19H,3,5-7,10H2,1-2H3,(H,20,21). The number of hydrogen-bond acceptors (Lipinski definition) is 3. The fourth-order valence-corrected chi connectivity index (χ4v) is 2.76. The lowest BCUT2D eigenvalue weighted by atomic mass is 10.1. The smallest absolute Gasteiger partial charge is 0.337 e. The van der Waals surface area contributed by atoms with Gasteiger partial charge in [0, 0.05) is 19.1 Å². The Morgan fingerprint density at radius 3 is 2.81 bits per heavy atom. The average molecular weight is 290 g/mol. The van der Waals surface area contributed by atoms with Crippen LogP contribution in [0.1, 0.15) is 55.3 Å². The molecule has 1 atom stereocenters. The first-order valence-electron chi connectivity index (χ1n) is 7.44. The van der Waals surface area contributed by atoms with Crippen molar-refractivity contribution < 1.29 is 15.0 Å². The van der Waals surface area contributed by atoms with Crippen molar-refractivity contribution in [3.8, 4) is 0 Å². The Kier molecular flexibility index (Phi) is 4.96. The molecule has 1 heterocycles. The second-order valence-corrected chi connectivity index (χ2v) is 5.34. The zero-order valence-electron chi connectivity index (χ0n) is 12.5. The molecule has 21 heavy (non-hydrogen) atoms. The monoisotopic (exact) mass is 290 g/mol. The third kappa shape index (κ3) is 3.08. The van der Waals surface area contributed by atoms with E-state index in [1.54, 1.807) is 12.1 Å². The average Bonchev–Trinajstić information content (AvgIpc) is 2.82. The number of fused-ring (bicyclic) bond motifs is 1. The lowest BCUT2D eigenvalue weighted by Gasteiger charge is -2.18. The van der Waals surface area contributed by atoms with E-state index in [0.29, 0.717) is 17.5 Å². The largest absolute Gasteiger partial charge is 0.478 e. The van der Waals surface area contributed by atoms with Gasteiger partial charge in [-0.05, 0) is 38.3 Å². The number of nitrogens with zero attached hydrogens (tertiary/aromatic N) is 2. The Balaban J connectivity index is 2.61. The van der Waals surface area contributed by atoms with E-state index in [4.69, 9.17) is 5.11 Å². The van der Waals surface area contributed by atoms with Gasteiger partial charge in [-0.25, -0.2) is 9.78 Å². The molecule has 1 aromatic carbocycles. The van der Waals surface area contributed by atoms with E-state index in [1.165, 1.54) is 0 Å². The van der Waals surface area contributed by atoms with E-state index in [1.807, 2.05) is 10.6 Å². The van der Waals surface area contributed by atoms with Crippen LogP contribution in [-0.4, -0.2) is 32.3 Å². The normalized spacial score (nSPS) is 12.7. The molecule has 1 unspecified atom stereocenters. The van der Waals surface area contributed by atoms with Crippen LogP contribution in [-0.2, 0) is 6.42 Å². The first-order valence-corrected chi connectivity index (χ1v) is 7.44. The number of aliphatic hydroxyl groups is 1. The topological polar surface area (TPSA) is 75.3 Å². The third-order valence-electron chi connectivity index (χ3n) is 3.71. The van der Waals surface area contributed by atoms with Gasteiger partial charge in [-0.15, -0.1) is 0 Å². The molecule has 2 rings (SSSR count). The van der Waals surface area contributed by atoms with Crippen molar-refractivity contribution in [3.63, 3.8) is 0 Å². The molecule has 0 radical (unpaired) electrons. The van der Waals surface area contributed by atoms with Gasteiger partial charge in [0.05, 0.1) is 16.6 Å². The van der Waals surface area contributed by atoms with Crippen LogP contribution in [0.15, 0.2) is 18.2 Å². The minimum Gasteiger partial charge on any atom is -0.478 e. The number of aliphatic hydroxyl groups excluding tert-OH is 1. The minimum absolute atomic E-state index is 0.115. The van der Waals surface area contributed by atoms with Crippen LogP contribution in [0.4, 0.5) is 0 Å². The Morgan fingerprint density at radius 1 is 1.43 bits per heavy atom. The number of aryl methyl sites for hydroxylation is 1. The van der Waals surface area contributed by atoms with E-state index < -0.39 is 5.97 Å². The summed E-state index contributed by atoms with van der Waals surface area (Å²) in [6, 6.07) is 5.33. The summed E-state index contributed by atoms with van der Waals surface area (Å²) in [4.78, 5) is 16.1. The molecule has 0 spiro atoms. The summed E-state index contributed by atoms with van der Waals surface area (Å²) in [6.07, 6.45) is 3.27. The number of carboxylic acids is 1. The number of rotatable bonds is 7. The first-order chi connectivity index (χ1) is 10.1. The fraction of sp³-hybridized carbons (Fsp3) is 0.500. The third-order valence-corrected chi connectivity index (χ3v) is 3.71. The van der Waals surface area contributed by atoms with Crippen molar-refractivity contribution >= 4 is 17.0 Å². The molecule has 5 nitrogen and oxygen atoms in total. The fourth-order valence-electron chi connectivity index (χ4n) is 2.76. The van der Waals surface area contributed by atoms with E-state index in [9.17, 15) is 9.90 Å². The molecule has 0 saturated carbocycles. The number of benzene rings is 1. The van der Waals surface area contributed by atoms with Crippen molar-refractivity contribution in [1.29, 1.82) is 0 Å². The summed E-state index contributed by atoms with van der Waals surface area (Å²) in [6.45, 7) is 4.28. The Bertz CT molecular complexity index is 634. The van der Waals surface area contributed by atoms with Gasteiger partial charge in [0.2, 0.25) is 0 Å². The molecule has 0 saturated heterocycles. The molecule has 5 heteroatoms. The number of carbonyl (C=O) groups is 1. The van der Waals surface area contributed by atoms with E-state index in [2.05, 4.69) is 18.8 Å². The molecule has 2 aromatic rings. The molecule has 0 aliphatic carbocycles. The van der Waals surface area contributed by atoms with Crippen LogP contribution in [0.5, 0.6) is 0 Å². The Hall–Kier alpha value is -1.88. The molecule has 2 N–H and O–H groups in total. The van der Waals surface area contributed by atoms with Crippen molar-refractivity contribution in [2.75, 3.05) is 6.61 Å². The first kappa shape index (κ1) is 15.5. The summed E-state index contributed by atoms with van der Waals surface area (Å²) in [5.41, 5.74) is 1.71. The summed E-state index contributed by atoms with van der Waals surface area (Å²) >= 11 is 0. The van der Waals surface area contributed by atoms with Gasteiger partial charge < -0.3 is 14.8 Å². The van der Waals surface area contributed by atoms with Crippen LogP contribution in [0, 0.1) is 0 Å². The maximum atomic E-state index is 11.5. The van der Waals surface area contributed by atoms with E-state index in [0.717, 1.165) is 30.6 Å². The highest BCUT2D eigenvalue weighted by molar-refractivity contribution is 6.01. The molecule has 1 aromatic heterocycles. The highest BCUT2D eigenvalue weighted by atomic mass is 16.4. The number of para-hydroxylation sites is 1. The molecule has 0 aliphatic heterocycles.